The molecule has 0 aliphatic heterocycles. The van der Waals surface area contributed by atoms with Gasteiger partial charge < -0.3 is 4.90 Å². The van der Waals surface area contributed by atoms with Gasteiger partial charge in [-0.1, -0.05) is 226 Å². The summed E-state index contributed by atoms with van der Waals surface area (Å²) in [5.74, 6) is 0. The first-order valence-electron chi connectivity index (χ1n) is 21.6. The van der Waals surface area contributed by atoms with Crippen LogP contribution >= 0.6 is 0 Å². The van der Waals surface area contributed by atoms with E-state index in [2.05, 4.69) is 255 Å². The van der Waals surface area contributed by atoms with Crippen LogP contribution in [0.1, 0.15) is 25.0 Å². The highest BCUT2D eigenvalue weighted by molar-refractivity contribution is 6.04. The molecule has 1 heteroatoms. The van der Waals surface area contributed by atoms with E-state index in [0.717, 1.165) is 17.1 Å². The minimum Gasteiger partial charge on any atom is -0.309 e. The Labute approximate surface area is 364 Å². The minimum absolute atomic E-state index is 0.149. The van der Waals surface area contributed by atoms with E-state index in [-0.39, 0.29) is 5.41 Å². The van der Waals surface area contributed by atoms with Crippen molar-refractivity contribution in [1.29, 1.82) is 0 Å². The fraction of sp³-hybridized carbons (Fsp3) is 0.0492. The quantitative estimate of drug-likeness (QED) is 0.148. The molecular weight excluding hydrogens is 747 g/mol. The van der Waals surface area contributed by atoms with Crippen molar-refractivity contribution in [3.8, 4) is 66.8 Å². The maximum atomic E-state index is 2.52. The van der Waals surface area contributed by atoms with Gasteiger partial charge in [-0.3, -0.25) is 0 Å². The molecule has 10 aromatic carbocycles. The molecule has 0 aromatic heterocycles. The van der Waals surface area contributed by atoms with Crippen LogP contribution in [-0.4, -0.2) is 0 Å². The largest absolute Gasteiger partial charge is 0.309 e. The first-order chi connectivity index (χ1) is 30.5. The predicted molar refractivity (Wildman–Crippen MR) is 263 cm³/mol. The van der Waals surface area contributed by atoms with Crippen LogP contribution in [0.3, 0.4) is 0 Å². The van der Waals surface area contributed by atoms with Gasteiger partial charge in [0.05, 0.1) is 11.4 Å². The highest BCUT2D eigenvalue weighted by Gasteiger charge is 2.38. The van der Waals surface area contributed by atoms with Crippen LogP contribution in [0.2, 0.25) is 0 Å². The van der Waals surface area contributed by atoms with Crippen LogP contribution in [0.25, 0.3) is 77.5 Å². The smallest absolute Gasteiger partial charge is 0.0546 e. The average molecular weight is 792 g/mol. The van der Waals surface area contributed by atoms with Gasteiger partial charge >= 0.3 is 0 Å². The van der Waals surface area contributed by atoms with Gasteiger partial charge in [0.2, 0.25) is 0 Å². The fourth-order valence-corrected chi connectivity index (χ4v) is 9.89. The zero-order valence-electron chi connectivity index (χ0n) is 35.0. The Bertz CT molecular complexity index is 3230. The molecule has 0 unspecified atom stereocenters. The summed E-state index contributed by atoms with van der Waals surface area (Å²) in [4.78, 5) is 2.52. The van der Waals surface area contributed by atoms with Crippen molar-refractivity contribution >= 4 is 27.8 Å². The van der Waals surface area contributed by atoms with E-state index in [1.807, 2.05) is 0 Å². The number of benzene rings is 10. The van der Waals surface area contributed by atoms with Crippen molar-refractivity contribution in [1.82, 2.24) is 0 Å². The van der Waals surface area contributed by atoms with E-state index >= 15 is 0 Å². The molecule has 1 aliphatic rings. The second-order valence-electron chi connectivity index (χ2n) is 16.8. The third kappa shape index (κ3) is 6.33. The van der Waals surface area contributed by atoms with Crippen molar-refractivity contribution in [3.05, 3.63) is 248 Å². The topological polar surface area (TPSA) is 3.24 Å². The molecule has 11 rings (SSSR count). The van der Waals surface area contributed by atoms with E-state index in [9.17, 15) is 0 Å². The highest BCUT2D eigenvalue weighted by Crippen LogP contribution is 2.56. The van der Waals surface area contributed by atoms with Gasteiger partial charge in [-0.25, -0.2) is 0 Å². The summed E-state index contributed by atoms with van der Waals surface area (Å²) in [5.41, 5.74) is 20.5. The molecule has 0 heterocycles. The van der Waals surface area contributed by atoms with Crippen molar-refractivity contribution in [3.63, 3.8) is 0 Å². The van der Waals surface area contributed by atoms with Crippen molar-refractivity contribution in [2.75, 3.05) is 4.90 Å². The van der Waals surface area contributed by atoms with Gasteiger partial charge in [-0.15, -0.1) is 0 Å². The molecule has 0 saturated carbocycles. The van der Waals surface area contributed by atoms with Gasteiger partial charge in [0.1, 0.15) is 0 Å². The normalized spacial score (nSPS) is 12.5. The summed E-state index contributed by atoms with van der Waals surface area (Å²) < 4.78 is 0. The van der Waals surface area contributed by atoms with Crippen molar-refractivity contribution in [2.24, 2.45) is 0 Å². The Hall–Kier alpha value is -7.74. The molecule has 0 saturated heterocycles. The SMILES string of the molecule is CC1(C)c2ccccc2-c2c(N(c3ccc(-c4ccc(-c5cccc6ccccc56)cc4)cc3)c3cccc(-c4ccccc4)c3-c3ccccc3-c3ccccc3)cccc21. The Morgan fingerprint density at radius 2 is 0.742 bits per heavy atom. The lowest BCUT2D eigenvalue weighted by Crippen LogP contribution is -2.16. The number of hydrogen-bond acceptors (Lipinski definition) is 1. The zero-order valence-corrected chi connectivity index (χ0v) is 35.0. The summed E-state index contributed by atoms with van der Waals surface area (Å²) in [5, 5.41) is 2.53. The third-order valence-corrected chi connectivity index (χ3v) is 12.9. The molecule has 294 valence electrons. The van der Waals surface area contributed by atoms with E-state index in [1.165, 1.54) is 88.7 Å². The van der Waals surface area contributed by atoms with Gasteiger partial charge in [0, 0.05) is 22.2 Å². The average Bonchev–Trinajstić information content (AvgIpc) is 3.58. The predicted octanol–water partition coefficient (Wildman–Crippen LogP) is 17.0. The third-order valence-electron chi connectivity index (χ3n) is 12.9. The Morgan fingerprint density at radius 3 is 1.47 bits per heavy atom. The number of fused-ring (bicyclic) bond motifs is 4. The summed E-state index contributed by atoms with van der Waals surface area (Å²) in [6.45, 7) is 4.73. The second kappa shape index (κ2) is 15.4. The van der Waals surface area contributed by atoms with Gasteiger partial charge in [0.25, 0.3) is 0 Å². The van der Waals surface area contributed by atoms with Crippen LogP contribution < -0.4 is 4.90 Å². The lowest BCUT2D eigenvalue weighted by molar-refractivity contribution is 0.660. The Morgan fingerprint density at radius 1 is 0.290 bits per heavy atom. The van der Waals surface area contributed by atoms with Crippen LogP contribution in [0, 0.1) is 0 Å². The molecule has 10 aromatic rings. The molecule has 62 heavy (non-hydrogen) atoms. The zero-order chi connectivity index (χ0) is 41.6. The number of nitrogens with zero attached hydrogens (tertiary/aromatic N) is 1. The molecule has 0 spiro atoms. The highest BCUT2D eigenvalue weighted by atomic mass is 15.1. The van der Waals surface area contributed by atoms with Crippen LogP contribution in [0.4, 0.5) is 17.1 Å². The molecule has 0 atom stereocenters. The maximum Gasteiger partial charge on any atom is 0.0546 e. The first-order valence-corrected chi connectivity index (χ1v) is 21.6. The van der Waals surface area contributed by atoms with Crippen molar-refractivity contribution in [2.45, 2.75) is 19.3 Å². The van der Waals surface area contributed by atoms with E-state index in [0.29, 0.717) is 0 Å². The molecule has 0 bridgehead atoms. The number of rotatable bonds is 8. The molecule has 0 N–H and O–H groups in total. The van der Waals surface area contributed by atoms with Crippen LogP contribution in [0.5, 0.6) is 0 Å². The summed E-state index contributed by atoms with van der Waals surface area (Å²) in [6.07, 6.45) is 0. The number of anilines is 3. The fourth-order valence-electron chi connectivity index (χ4n) is 9.89. The molecule has 0 radical (unpaired) electrons. The number of hydrogen-bond donors (Lipinski definition) is 0. The standard InChI is InChI=1S/C61H45N/c1-61(2)55-30-14-13-27-54(55)60-56(61)31-17-33-58(60)62(48-40-38-43(39-41-48)42-34-36-47(37-35-42)50-28-15-23-45-22-9-10-24-49(45)50)57-32-16-29-52(46-20-7-4-8-21-46)59(57)53-26-12-11-25-51(53)44-18-5-3-6-19-44/h3-41H,1-2H3. The molecule has 0 fully saturated rings. The maximum absolute atomic E-state index is 2.52. The monoisotopic (exact) mass is 791 g/mol. The minimum atomic E-state index is -0.149. The molecular formula is C61H45N. The molecule has 1 aliphatic carbocycles. The molecule has 1 nitrogen and oxygen atoms in total. The lowest BCUT2D eigenvalue weighted by Gasteiger charge is -2.32. The lowest BCUT2D eigenvalue weighted by atomic mass is 9.82. The van der Waals surface area contributed by atoms with Crippen LogP contribution in [0.15, 0.2) is 237 Å². The summed E-state index contributed by atoms with van der Waals surface area (Å²) in [6, 6.07) is 86.7. The van der Waals surface area contributed by atoms with E-state index < -0.39 is 0 Å². The summed E-state index contributed by atoms with van der Waals surface area (Å²) >= 11 is 0. The Kier molecular flexibility index (Phi) is 9.24. The summed E-state index contributed by atoms with van der Waals surface area (Å²) in [7, 11) is 0. The van der Waals surface area contributed by atoms with Gasteiger partial charge in [0.15, 0.2) is 0 Å². The van der Waals surface area contributed by atoms with Gasteiger partial charge in [-0.2, -0.15) is 0 Å². The van der Waals surface area contributed by atoms with E-state index in [4.69, 9.17) is 0 Å². The Balaban J connectivity index is 1.12. The van der Waals surface area contributed by atoms with E-state index in [1.54, 1.807) is 0 Å². The van der Waals surface area contributed by atoms with Crippen LogP contribution in [-0.2, 0) is 5.41 Å². The van der Waals surface area contributed by atoms with Crippen molar-refractivity contribution < 1.29 is 0 Å². The van der Waals surface area contributed by atoms with Gasteiger partial charge in [-0.05, 0) is 102 Å². The molecule has 0 amide bonds. The first kappa shape index (κ1) is 37.3. The second-order valence-corrected chi connectivity index (χ2v) is 16.8.